The average Bonchev–Trinajstić information content (AvgIpc) is 3.44. The monoisotopic (exact) mass is 458 g/mol. The second kappa shape index (κ2) is 5.83. The molecule has 0 saturated carbocycles. The SMILES string of the molecule is Cc1cc2c3cc(C)sc3c3cc4c(cc3c2s1)c1sc(C)cc1c1cc(C)sc14. The second-order valence-electron chi connectivity index (χ2n) is 8.34. The van der Waals surface area contributed by atoms with Crippen molar-refractivity contribution in [2.45, 2.75) is 27.7 Å². The van der Waals surface area contributed by atoms with Crippen LogP contribution >= 0.6 is 45.3 Å². The summed E-state index contributed by atoms with van der Waals surface area (Å²) in [4.78, 5) is 5.57. The van der Waals surface area contributed by atoms with Gasteiger partial charge in [0, 0.05) is 81.4 Å². The molecule has 0 aliphatic rings. The van der Waals surface area contributed by atoms with Gasteiger partial charge in [0.15, 0.2) is 0 Å². The highest BCUT2D eigenvalue weighted by Crippen LogP contribution is 2.48. The molecule has 0 amide bonds. The number of thiophene rings is 4. The smallest absolute Gasteiger partial charge is 0.0431 e. The van der Waals surface area contributed by atoms with Gasteiger partial charge in [0.25, 0.3) is 0 Å². The fourth-order valence-electron chi connectivity index (χ4n) is 5.01. The Hall–Kier alpha value is -1.98. The van der Waals surface area contributed by atoms with E-state index in [0.29, 0.717) is 0 Å². The summed E-state index contributed by atoms with van der Waals surface area (Å²) in [7, 11) is 0. The molecule has 4 heterocycles. The number of aryl methyl sites for hydroxylation is 4. The van der Waals surface area contributed by atoms with Crippen molar-refractivity contribution in [3.05, 3.63) is 55.9 Å². The Morgan fingerprint density at radius 1 is 0.333 bits per heavy atom. The van der Waals surface area contributed by atoms with Crippen molar-refractivity contribution < 1.29 is 0 Å². The van der Waals surface area contributed by atoms with E-state index < -0.39 is 0 Å². The first-order chi connectivity index (χ1) is 14.5. The molecule has 0 atom stereocenters. The zero-order valence-corrected chi connectivity index (χ0v) is 20.4. The first kappa shape index (κ1) is 17.7. The third kappa shape index (κ3) is 2.20. The molecule has 146 valence electrons. The third-order valence-corrected chi connectivity index (χ3v) is 10.5. The predicted molar refractivity (Wildman–Crippen MR) is 142 cm³/mol. The number of hydrogen-bond acceptors (Lipinski definition) is 4. The Morgan fingerprint density at radius 3 is 0.767 bits per heavy atom. The van der Waals surface area contributed by atoms with Gasteiger partial charge in [-0.15, -0.1) is 45.3 Å². The molecule has 7 aromatic rings. The van der Waals surface area contributed by atoms with E-state index in [1.807, 2.05) is 45.3 Å². The second-order valence-corrected chi connectivity index (χ2v) is 13.4. The Morgan fingerprint density at radius 2 is 0.533 bits per heavy atom. The first-order valence-corrected chi connectivity index (χ1v) is 13.4. The average molecular weight is 459 g/mol. The van der Waals surface area contributed by atoms with Crippen LogP contribution in [-0.2, 0) is 0 Å². The molecule has 0 nitrogen and oxygen atoms in total. The third-order valence-electron chi connectivity index (χ3n) is 6.14. The van der Waals surface area contributed by atoms with E-state index in [9.17, 15) is 0 Å². The van der Waals surface area contributed by atoms with Crippen LogP contribution in [-0.4, -0.2) is 0 Å². The van der Waals surface area contributed by atoms with Gasteiger partial charge < -0.3 is 0 Å². The highest BCUT2D eigenvalue weighted by atomic mass is 32.1. The van der Waals surface area contributed by atoms with Crippen LogP contribution in [0.1, 0.15) is 19.5 Å². The number of benzene rings is 3. The zero-order chi connectivity index (χ0) is 20.3. The van der Waals surface area contributed by atoms with Crippen molar-refractivity contribution in [1.29, 1.82) is 0 Å². The summed E-state index contributed by atoms with van der Waals surface area (Å²) in [6, 6.07) is 14.5. The van der Waals surface area contributed by atoms with Gasteiger partial charge in [-0.1, -0.05) is 0 Å². The van der Waals surface area contributed by atoms with Gasteiger partial charge in [0.2, 0.25) is 0 Å². The maximum absolute atomic E-state index is 2.50. The predicted octanol–water partition coefficient (Wildman–Crippen LogP) is 10.1. The largest absolute Gasteiger partial charge is 0.140 e. The molecule has 7 rings (SSSR count). The van der Waals surface area contributed by atoms with E-state index in [1.165, 1.54) is 81.4 Å². The molecule has 4 heteroatoms. The van der Waals surface area contributed by atoms with Gasteiger partial charge in [-0.05, 0) is 64.1 Å². The number of hydrogen-bond donors (Lipinski definition) is 0. The van der Waals surface area contributed by atoms with E-state index in [0.717, 1.165) is 0 Å². The molecule has 0 unspecified atom stereocenters. The van der Waals surface area contributed by atoms with Crippen molar-refractivity contribution in [3.63, 3.8) is 0 Å². The molecule has 0 N–H and O–H groups in total. The Kier molecular flexibility index (Phi) is 3.43. The lowest BCUT2D eigenvalue weighted by atomic mass is 9.98. The molecule has 0 aliphatic heterocycles. The molecule has 0 radical (unpaired) electrons. The molecule has 30 heavy (non-hydrogen) atoms. The van der Waals surface area contributed by atoms with Crippen LogP contribution in [0.4, 0.5) is 0 Å². The van der Waals surface area contributed by atoms with E-state index in [-0.39, 0.29) is 0 Å². The van der Waals surface area contributed by atoms with Gasteiger partial charge in [0.1, 0.15) is 0 Å². The Labute approximate surface area is 190 Å². The van der Waals surface area contributed by atoms with Crippen LogP contribution in [0, 0.1) is 27.7 Å². The highest BCUT2D eigenvalue weighted by molar-refractivity contribution is 7.23. The maximum Gasteiger partial charge on any atom is 0.0431 e. The Bertz CT molecular complexity index is 1560. The topological polar surface area (TPSA) is 0 Å². The zero-order valence-electron chi connectivity index (χ0n) is 17.1. The normalized spacial score (nSPS) is 12.7. The molecule has 0 saturated heterocycles. The van der Waals surface area contributed by atoms with Crippen LogP contribution in [0.3, 0.4) is 0 Å². The quantitative estimate of drug-likeness (QED) is 0.198. The van der Waals surface area contributed by atoms with Crippen LogP contribution in [0.2, 0.25) is 0 Å². The molecule has 4 aromatic heterocycles. The van der Waals surface area contributed by atoms with Crippen LogP contribution < -0.4 is 0 Å². The van der Waals surface area contributed by atoms with Crippen LogP contribution in [0.15, 0.2) is 36.4 Å². The summed E-state index contributed by atoms with van der Waals surface area (Å²) in [5, 5.41) is 11.4. The maximum atomic E-state index is 2.50. The minimum absolute atomic E-state index is 1.39. The molecular weight excluding hydrogens is 441 g/mol. The fourth-order valence-corrected chi connectivity index (χ4v) is 9.23. The lowest BCUT2D eigenvalue weighted by Gasteiger charge is -2.08. The molecule has 3 aromatic carbocycles. The molecular formula is C26H18S4. The van der Waals surface area contributed by atoms with Crippen molar-refractivity contribution in [2.75, 3.05) is 0 Å². The van der Waals surface area contributed by atoms with E-state index >= 15 is 0 Å². The molecule has 0 spiro atoms. The van der Waals surface area contributed by atoms with Crippen molar-refractivity contribution in [3.8, 4) is 0 Å². The molecule has 0 fully saturated rings. The minimum Gasteiger partial charge on any atom is -0.140 e. The van der Waals surface area contributed by atoms with Crippen LogP contribution in [0.5, 0.6) is 0 Å². The van der Waals surface area contributed by atoms with E-state index in [4.69, 9.17) is 0 Å². The highest BCUT2D eigenvalue weighted by Gasteiger charge is 2.18. The van der Waals surface area contributed by atoms with Gasteiger partial charge in [-0.25, -0.2) is 0 Å². The number of fused-ring (bicyclic) bond motifs is 12. The number of rotatable bonds is 0. The van der Waals surface area contributed by atoms with Crippen molar-refractivity contribution >= 4 is 107 Å². The lowest BCUT2D eigenvalue weighted by Crippen LogP contribution is -1.80. The van der Waals surface area contributed by atoms with E-state index in [2.05, 4.69) is 64.1 Å². The fraction of sp³-hybridized carbons (Fsp3) is 0.154. The minimum atomic E-state index is 1.39. The molecule has 0 bridgehead atoms. The first-order valence-electron chi connectivity index (χ1n) is 10.1. The Balaban J connectivity index is 1.84. The van der Waals surface area contributed by atoms with Gasteiger partial charge in [-0.2, -0.15) is 0 Å². The van der Waals surface area contributed by atoms with Crippen LogP contribution in [0.25, 0.3) is 61.9 Å². The van der Waals surface area contributed by atoms with Crippen molar-refractivity contribution in [1.82, 2.24) is 0 Å². The van der Waals surface area contributed by atoms with Gasteiger partial charge in [0.05, 0.1) is 0 Å². The van der Waals surface area contributed by atoms with Gasteiger partial charge in [-0.3, -0.25) is 0 Å². The summed E-state index contributed by atoms with van der Waals surface area (Å²) >= 11 is 7.77. The summed E-state index contributed by atoms with van der Waals surface area (Å²) < 4.78 is 5.77. The van der Waals surface area contributed by atoms with Crippen molar-refractivity contribution in [2.24, 2.45) is 0 Å². The summed E-state index contributed by atoms with van der Waals surface area (Å²) in [6.45, 7) is 8.95. The van der Waals surface area contributed by atoms with E-state index in [1.54, 1.807) is 0 Å². The summed E-state index contributed by atoms with van der Waals surface area (Å²) in [6.07, 6.45) is 0. The lowest BCUT2D eigenvalue weighted by molar-refractivity contribution is 1.65. The standard InChI is InChI=1S/C26H18S4/c1-11-5-15-16-6-12(2)28-24(16)20-10-22-21(9-19(20)23(15)27-11)25-17(7-13(3)29-25)18-8-14(4)30-26(18)22/h5-10H,1-4H3. The summed E-state index contributed by atoms with van der Waals surface area (Å²) in [5.74, 6) is 0. The van der Waals surface area contributed by atoms with Gasteiger partial charge >= 0.3 is 0 Å². The molecule has 0 aliphatic carbocycles. The summed E-state index contributed by atoms with van der Waals surface area (Å²) in [5.41, 5.74) is 0.